The molecule has 1 amide bonds. The van der Waals surface area contributed by atoms with Gasteiger partial charge in [0.1, 0.15) is 11.5 Å². The third-order valence-corrected chi connectivity index (χ3v) is 5.93. The van der Waals surface area contributed by atoms with Gasteiger partial charge in [0, 0.05) is 17.8 Å². The molecule has 7 nitrogen and oxygen atoms in total. The summed E-state index contributed by atoms with van der Waals surface area (Å²) in [5.41, 5.74) is 2.58. The number of rotatable bonds is 4. The average molecular weight is 400 g/mol. The highest BCUT2D eigenvalue weighted by molar-refractivity contribution is 7.92. The summed E-state index contributed by atoms with van der Waals surface area (Å²) in [7, 11) is -4.02. The maximum absolute atomic E-state index is 13.4. The van der Waals surface area contributed by atoms with Gasteiger partial charge in [-0.2, -0.15) is 5.10 Å². The van der Waals surface area contributed by atoms with Crippen molar-refractivity contribution in [3.63, 3.8) is 0 Å². The molecular weight excluding hydrogens is 383 g/mol. The van der Waals surface area contributed by atoms with Crippen LogP contribution in [0, 0.1) is 12.7 Å². The van der Waals surface area contributed by atoms with E-state index >= 15 is 0 Å². The second kappa shape index (κ2) is 6.75. The zero-order valence-corrected chi connectivity index (χ0v) is 15.8. The number of carbonyl (C=O) groups is 1. The lowest BCUT2D eigenvalue weighted by Gasteiger charge is -2.26. The number of amides is 1. The van der Waals surface area contributed by atoms with Gasteiger partial charge in [0.2, 0.25) is 0 Å². The molecule has 1 aromatic heterocycles. The van der Waals surface area contributed by atoms with Gasteiger partial charge < -0.3 is 4.90 Å². The molecule has 4 rings (SSSR count). The molecule has 2 aromatic carbocycles. The molecule has 0 aliphatic carbocycles. The van der Waals surface area contributed by atoms with Gasteiger partial charge in [-0.3, -0.25) is 14.6 Å². The van der Waals surface area contributed by atoms with Gasteiger partial charge in [-0.1, -0.05) is 23.8 Å². The van der Waals surface area contributed by atoms with E-state index in [1.807, 2.05) is 31.2 Å². The number of halogens is 1. The molecule has 1 aliphatic rings. The van der Waals surface area contributed by atoms with Crippen LogP contribution in [0.25, 0.3) is 0 Å². The molecule has 9 heteroatoms. The van der Waals surface area contributed by atoms with Gasteiger partial charge in [0.25, 0.3) is 15.9 Å². The number of carbonyl (C=O) groups excluding carboxylic acids is 1. The van der Waals surface area contributed by atoms with E-state index in [1.54, 1.807) is 4.90 Å². The number of hydrogen-bond donors (Lipinski definition) is 2. The van der Waals surface area contributed by atoms with Crippen molar-refractivity contribution in [1.82, 2.24) is 10.2 Å². The first kappa shape index (κ1) is 18.2. The summed E-state index contributed by atoms with van der Waals surface area (Å²) in [6.07, 6.45) is 0.423. The van der Waals surface area contributed by atoms with Crippen LogP contribution < -0.4 is 9.62 Å². The van der Waals surface area contributed by atoms with Gasteiger partial charge >= 0.3 is 0 Å². The Morgan fingerprint density at radius 2 is 1.93 bits per heavy atom. The largest absolute Gasteiger partial charge is 0.307 e. The van der Waals surface area contributed by atoms with Crippen molar-refractivity contribution in [3.8, 4) is 0 Å². The molecule has 2 heterocycles. The van der Waals surface area contributed by atoms with E-state index in [9.17, 15) is 17.6 Å². The molecule has 144 valence electrons. The Bertz CT molecular complexity index is 1160. The van der Waals surface area contributed by atoms with E-state index in [1.165, 1.54) is 12.1 Å². The number of H-pyrrole nitrogens is 1. The van der Waals surface area contributed by atoms with E-state index in [2.05, 4.69) is 14.9 Å². The zero-order chi connectivity index (χ0) is 19.9. The highest BCUT2D eigenvalue weighted by Gasteiger charge is 2.31. The topological polar surface area (TPSA) is 95.2 Å². The summed E-state index contributed by atoms with van der Waals surface area (Å²) in [5, 5.41) is 6.60. The second-order valence-corrected chi connectivity index (χ2v) is 8.21. The van der Waals surface area contributed by atoms with Gasteiger partial charge in [0.05, 0.1) is 4.90 Å². The van der Waals surface area contributed by atoms with E-state index in [4.69, 9.17) is 0 Å². The number of nitrogens with one attached hydrogen (secondary N) is 2. The standard InChI is InChI=1S/C19H17FN4O3S/c1-12-5-7-14(8-6-12)24-10-9-16-17(19(24)25)21-22-18(16)23-28(26,27)15-4-2-3-13(20)11-15/h2-8,11H,9-10H2,1H3,(H2,21,22,23). The van der Waals surface area contributed by atoms with Crippen LogP contribution in [0.4, 0.5) is 15.9 Å². The molecule has 28 heavy (non-hydrogen) atoms. The van der Waals surface area contributed by atoms with E-state index in [0.717, 1.165) is 23.4 Å². The molecule has 3 aromatic rings. The lowest BCUT2D eigenvalue weighted by atomic mass is 10.1. The lowest BCUT2D eigenvalue weighted by Crippen LogP contribution is -2.37. The zero-order valence-electron chi connectivity index (χ0n) is 14.9. The first-order valence-corrected chi connectivity index (χ1v) is 10.1. The number of sulfonamides is 1. The Kier molecular flexibility index (Phi) is 4.38. The Labute approximate surface area is 161 Å². The lowest BCUT2D eigenvalue weighted by molar-refractivity contribution is 0.0976. The summed E-state index contributed by atoms with van der Waals surface area (Å²) in [6, 6.07) is 12.2. The van der Waals surface area contributed by atoms with Crippen molar-refractivity contribution in [2.75, 3.05) is 16.2 Å². The van der Waals surface area contributed by atoms with Crippen LogP contribution in [0.3, 0.4) is 0 Å². The first-order chi connectivity index (χ1) is 13.3. The highest BCUT2D eigenvalue weighted by Crippen LogP contribution is 2.29. The molecule has 0 saturated carbocycles. The predicted molar refractivity (Wildman–Crippen MR) is 102 cm³/mol. The van der Waals surface area contributed by atoms with Crippen molar-refractivity contribution in [3.05, 3.63) is 71.2 Å². The van der Waals surface area contributed by atoms with Crippen molar-refractivity contribution in [1.29, 1.82) is 0 Å². The Morgan fingerprint density at radius 1 is 1.18 bits per heavy atom. The molecule has 0 spiro atoms. The van der Waals surface area contributed by atoms with Crippen LogP contribution in [-0.2, 0) is 16.4 Å². The first-order valence-electron chi connectivity index (χ1n) is 8.59. The van der Waals surface area contributed by atoms with Crippen molar-refractivity contribution in [2.45, 2.75) is 18.2 Å². The minimum absolute atomic E-state index is 0.0520. The van der Waals surface area contributed by atoms with Crippen molar-refractivity contribution >= 4 is 27.4 Å². The molecule has 0 atom stereocenters. The van der Waals surface area contributed by atoms with Gasteiger partial charge in [0.15, 0.2) is 5.82 Å². The number of nitrogens with zero attached hydrogens (tertiary/aromatic N) is 2. The fourth-order valence-electron chi connectivity index (χ4n) is 3.12. The summed E-state index contributed by atoms with van der Waals surface area (Å²) in [5.74, 6) is -0.888. The number of aromatic amines is 1. The highest BCUT2D eigenvalue weighted by atomic mass is 32.2. The molecule has 0 saturated heterocycles. The monoisotopic (exact) mass is 400 g/mol. The summed E-state index contributed by atoms with van der Waals surface area (Å²) < 4.78 is 40.7. The van der Waals surface area contributed by atoms with Crippen molar-refractivity contribution in [2.24, 2.45) is 0 Å². The Balaban J connectivity index is 1.62. The van der Waals surface area contributed by atoms with Gasteiger partial charge in [-0.15, -0.1) is 0 Å². The third kappa shape index (κ3) is 3.24. The fourth-order valence-corrected chi connectivity index (χ4v) is 4.19. The molecule has 0 radical (unpaired) electrons. The molecule has 0 bridgehead atoms. The quantitative estimate of drug-likeness (QED) is 0.704. The molecule has 0 fully saturated rings. The minimum atomic E-state index is -4.02. The molecule has 1 aliphatic heterocycles. The minimum Gasteiger partial charge on any atom is -0.307 e. The van der Waals surface area contributed by atoms with Crippen LogP contribution in [0.15, 0.2) is 53.4 Å². The molecule has 2 N–H and O–H groups in total. The predicted octanol–water partition coefficient (Wildman–Crippen LogP) is 2.86. The average Bonchev–Trinajstić information content (AvgIpc) is 3.06. The van der Waals surface area contributed by atoms with Crippen LogP contribution in [0.2, 0.25) is 0 Å². The van der Waals surface area contributed by atoms with E-state index in [-0.39, 0.29) is 22.3 Å². The number of anilines is 2. The van der Waals surface area contributed by atoms with Gasteiger partial charge in [-0.05, 0) is 43.7 Å². The van der Waals surface area contributed by atoms with Crippen LogP contribution in [-0.4, -0.2) is 31.1 Å². The maximum atomic E-state index is 13.4. The van der Waals surface area contributed by atoms with Crippen LogP contribution in [0.1, 0.15) is 21.6 Å². The number of benzene rings is 2. The molecule has 0 unspecified atom stereocenters. The second-order valence-electron chi connectivity index (χ2n) is 6.53. The third-order valence-electron chi connectivity index (χ3n) is 4.59. The van der Waals surface area contributed by atoms with E-state index < -0.39 is 15.8 Å². The SMILES string of the molecule is Cc1ccc(N2CCc3c(NS(=O)(=O)c4cccc(F)c4)n[nH]c3C2=O)cc1. The smallest absolute Gasteiger partial charge is 0.276 e. The summed E-state index contributed by atoms with van der Waals surface area (Å²) in [4.78, 5) is 14.2. The Hall–Kier alpha value is -3.20. The number of hydrogen-bond acceptors (Lipinski definition) is 4. The summed E-state index contributed by atoms with van der Waals surface area (Å²) >= 11 is 0. The molecular formula is C19H17FN4O3S. The summed E-state index contributed by atoms with van der Waals surface area (Å²) in [6.45, 7) is 2.36. The van der Waals surface area contributed by atoms with Crippen molar-refractivity contribution < 1.29 is 17.6 Å². The number of aryl methyl sites for hydroxylation is 1. The van der Waals surface area contributed by atoms with Crippen LogP contribution in [0.5, 0.6) is 0 Å². The normalized spacial score (nSPS) is 14.1. The fraction of sp³-hybridized carbons (Fsp3) is 0.158. The number of aromatic nitrogens is 2. The maximum Gasteiger partial charge on any atom is 0.276 e. The van der Waals surface area contributed by atoms with E-state index in [0.29, 0.717) is 18.5 Å². The Morgan fingerprint density at radius 3 is 2.64 bits per heavy atom. The van der Waals surface area contributed by atoms with Gasteiger partial charge in [-0.25, -0.2) is 12.8 Å². The number of fused-ring (bicyclic) bond motifs is 1. The van der Waals surface area contributed by atoms with Crippen LogP contribution >= 0.6 is 0 Å².